The van der Waals surface area contributed by atoms with Crippen LogP contribution >= 0.6 is 0 Å². The third-order valence-corrected chi connectivity index (χ3v) is 3.11. The molecule has 0 saturated heterocycles. The summed E-state index contributed by atoms with van der Waals surface area (Å²) in [5.74, 6) is 0. The van der Waals surface area contributed by atoms with Gasteiger partial charge in [0, 0.05) is 32.4 Å². The van der Waals surface area contributed by atoms with Crippen LogP contribution in [0.25, 0.3) is 0 Å². The van der Waals surface area contributed by atoms with Gasteiger partial charge in [-0.15, -0.1) is 0 Å². The second-order valence-corrected chi connectivity index (χ2v) is 4.27. The molecule has 1 heterocycles. The number of methoxy groups -OCH3 is 1. The molecule has 1 fully saturated rings. The van der Waals surface area contributed by atoms with E-state index in [1.165, 1.54) is 5.56 Å². The van der Waals surface area contributed by atoms with E-state index in [0.717, 1.165) is 25.1 Å². The van der Waals surface area contributed by atoms with Gasteiger partial charge in [-0.05, 0) is 30.5 Å². The molecule has 0 unspecified atom stereocenters. The fourth-order valence-corrected chi connectivity index (χ4v) is 1.94. The molecule has 0 aromatic carbocycles. The summed E-state index contributed by atoms with van der Waals surface area (Å²) in [6.45, 7) is 1.39. The van der Waals surface area contributed by atoms with Gasteiger partial charge < -0.3 is 15.8 Å². The Labute approximate surface area is 96.2 Å². The molecule has 1 aromatic rings. The van der Waals surface area contributed by atoms with Crippen LogP contribution in [0.4, 0.5) is 0 Å². The van der Waals surface area contributed by atoms with Crippen LogP contribution in [0.2, 0.25) is 0 Å². The van der Waals surface area contributed by atoms with Crippen molar-refractivity contribution in [2.45, 2.75) is 38.1 Å². The van der Waals surface area contributed by atoms with Gasteiger partial charge in [0.2, 0.25) is 0 Å². The Morgan fingerprint density at radius 1 is 1.56 bits per heavy atom. The van der Waals surface area contributed by atoms with E-state index in [1.807, 2.05) is 12.3 Å². The minimum Gasteiger partial charge on any atom is -0.381 e. The van der Waals surface area contributed by atoms with E-state index in [2.05, 4.69) is 16.4 Å². The Bertz CT molecular complexity index is 337. The van der Waals surface area contributed by atoms with Crippen molar-refractivity contribution < 1.29 is 4.74 Å². The third kappa shape index (κ3) is 2.78. The van der Waals surface area contributed by atoms with Gasteiger partial charge >= 0.3 is 0 Å². The standard InChI is InChI=1S/C12H19N3O/c1-16-12-5-10(6-12)15-8-9-2-3-14-11(4-9)7-13/h2-4,10,12,15H,5-8,13H2,1H3. The Morgan fingerprint density at radius 2 is 2.38 bits per heavy atom. The molecule has 88 valence electrons. The molecule has 1 aliphatic rings. The van der Waals surface area contributed by atoms with E-state index >= 15 is 0 Å². The maximum Gasteiger partial charge on any atom is 0.0601 e. The quantitative estimate of drug-likeness (QED) is 0.772. The zero-order chi connectivity index (χ0) is 11.4. The van der Waals surface area contributed by atoms with Crippen molar-refractivity contribution in [1.82, 2.24) is 10.3 Å². The first kappa shape index (κ1) is 11.5. The number of hydrogen-bond acceptors (Lipinski definition) is 4. The molecule has 0 radical (unpaired) electrons. The highest BCUT2D eigenvalue weighted by Gasteiger charge is 2.28. The normalized spacial score (nSPS) is 24.1. The Hall–Kier alpha value is -0.970. The van der Waals surface area contributed by atoms with Gasteiger partial charge in [0.05, 0.1) is 11.8 Å². The van der Waals surface area contributed by atoms with Crippen LogP contribution in [0.5, 0.6) is 0 Å². The number of hydrogen-bond donors (Lipinski definition) is 2. The van der Waals surface area contributed by atoms with Crippen LogP contribution in [-0.2, 0) is 17.8 Å². The van der Waals surface area contributed by atoms with E-state index in [0.29, 0.717) is 18.7 Å². The zero-order valence-corrected chi connectivity index (χ0v) is 9.65. The third-order valence-electron chi connectivity index (χ3n) is 3.11. The fourth-order valence-electron chi connectivity index (χ4n) is 1.94. The van der Waals surface area contributed by atoms with Gasteiger partial charge in [0.1, 0.15) is 0 Å². The first-order valence-corrected chi connectivity index (χ1v) is 5.72. The summed E-state index contributed by atoms with van der Waals surface area (Å²) in [6.07, 6.45) is 4.50. The van der Waals surface area contributed by atoms with Crippen molar-refractivity contribution in [3.05, 3.63) is 29.6 Å². The average Bonchev–Trinajstić information content (AvgIpc) is 2.28. The molecule has 1 aromatic heterocycles. The van der Waals surface area contributed by atoms with Crippen LogP contribution < -0.4 is 11.1 Å². The first-order chi connectivity index (χ1) is 7.81. The van der Waals surface area contributed by atoms with E-state index < -0.39 is 0 Å². The molecule has 1 aliphatic carbocycles. The Kier molecular flexibility index (Phi) is 3.88. The molecule has 0 amide bonds. The minimum atomic E-state index is 0.453. The van der Waals surface area contributed by atoms with Gasteiger partial charge in [0.25, 0.3) is 0 Å². The smallest absolute Gasteiger partial charge is 0.0601 e. The molecule has 0 bridgehead atoms. The van der Waals surface area contributed by atoms with E-state index in [-0.39, 0.29) is 0 Å². The number of rotatable bonds is 5. The molecule has 0 atom stereocenters. The maximum absolute atomic E-state index is 5.55. The van der Waals surface area contributed by atoms with Crippen molar-refractivity contribution in [3.63, 3.8) is 0 Å². The maximum atomic E-state index is 5.55. The predicted molar refractivity (Wildman–Crippen MR) is 62.8 cm³/mol. The predicted octanol–water partition coefficient (Wildman–Crippen LogP) is 0.807. The van der Waals surface area contributed by atoms with Crippen molar-refractivity contribution in [1.29, 1.82) is 0 Å². The molecular weight excluding hydrogens is 202 g/mol. The highest BCUT2D eigenvalue weighted by molar-refractivity contribution is 5.16. The molecule has 16 heavy (non-hydrogen) atoms. The summed E-state index contributed by atoms with van der Waals surface area (Å²) in [6, 6.07) is 4.68. The molecule has 2 rings (SSSR count). The number of nitrogens with two attached hydrogens (primary N) is 1. The summed E-state index contributed by atoms with van der Waals surface area (Å²) in [7, 11) is 1.78. The van der Waals surface area contributed by atoms with Gasteiger partial charge in [-0.1, -0.05) is 0 Å². The SMILES string of the molecule is COC1CC(NCc2ccnc(CN)c2)C1. The van der Waals surface area contributed by atoms with Crippen LogP contribution in [0.1, 0.15) is 24.1 Å². The van der Waals surface area contributed by atoms with Crippen molar-refractivity contribution in [2.24, 2.45) is 5.73 Å². The number of pyridine rings is 1. The molecule has 4 heteroatoms. The van der Waals surface area contributed by atoms with Crippen molar-refractivity contribution in [2.75, 3.05) is 7.11 Å². The zero-order valence-electron chi connectivity index (χ0n) is 9.65. The number of nitrogens with zero attached hydrogens (tertiary/aromatic N) is 1. The first-order valence-electron chi connectivity index (χ1n) is 5.72. The molecule has 4 nitrogen and oxygen atoms in total. The van der Waals surface area contributed by atoms with E-state index in [1.54, 1.807) is 7.11 Å². The van der Waals surface area contributed by atoms with E-state index in [4.69, 9.17) is 10.5 Å². The lowest BCUT2D eigenvalue weighted by atomic mass is 9.89. The lowest BCUT2D eigenvalue weighted by molar-refractivity contribution is 0.0170. The van der Waals surface area contributed by atoms with Gasteiger partial charge in [-0.2, -0.15) is 0 Å². The number of aromatic nitrogens is 1. The number of ether oxygens (including phenoxy) is 1. The molecule has 0 spiro atoms. The van der Waals surface area contributed by atoms with Crippen molar-refractivity contribution in [3.8, 4) is 0 Å². The lowest BCUT2D eigenvalue weighted by Crippen LogP contribution is -2.44. The fraction of sp³-hybridized carbons (Fsp3) is 0.583. The molecule has 0 aliphatic heterocycles. The lowest BCUT2D eigenvalue weighted by Gasteiger charge is -2.34. The van der Waals surface area contributed by atoms with Crippen LogP contribution in [-0.4, -0.2) is 24.2 Å². The highest BCUT2D eigenvalue weighted by Crippen LogP contribution is 2.22. The topological polar surface area (TPSA) is 60.2 Å². The molecule has 1 saturated carbocycles. The highest BCUT2D eigenvalue weighted by atomic mass is 16.5. The Balaban J connectivity index is 1.77. The molecular formula is C12H19N3O. The van der Waals surface area contributed by atoms with Gasteiger partial charge in [0.15, 0.2) is 0 Å². The summed E-state index contributed by atoms with van der Waals surface area (Å²) >= 11 is 0. The van der Waals surface area contributed by atoms with E-state index in [9.17, 15) is 0 Å². The molecule has 3 N–H and O–H groups in total. The second kappa shape index (κ2) is 5.39. The van der Waals surface area contributed by atoms with Gasteiger partial charge in [-0.3, -0.25) is 4.98 Å². The largest absolute Gasteiger partial charge is 0.381 e. The van der Waals surface area contributed by atoms with Crippen LogP contribution in [0.15, 0.2) is 18.3 Å². The van der Waals surface area contributed by atoms with Crippen molar-refractivity contribution >= 4 is 0 Å². The van der Waals surface area contributed by atoms with Crippen LogP contribution in [0, 0.1) is 0 Å². The minimum absolute atomic E-state index is 0.453. The summed E-state index contributed by atoms with van der Waals surface area (Å²) in [5, 5.41) is 3.50. The number of nitrogens with one attached hydrogen (secondary N) is 1. The Morgan fingerprint density at radius 3 is 3.06 bits per heavy atom. The second-order valence-electron chi connectivity index (χ2n) is 4.27. The summed E-state index contributed by atoms with van der Waals surface area (Å²) in [4.78, 5) is 4.17. The average molecular weight is 221 g/mol. The van der Waals surface area contributed by atoms with Gasteiger partial charge in [-0.25, -0.2) is 0 Å². The summed E-state index contributed by atoms with van der Waals surface area (Å²) < 4.78 is 5.24. The van der Waals surface area contributed by atoms with Crippen LogP contribution in [0.3, 0.4) is 0 Å². The monoisotopic (exact) mass is 221 g/mol. The summed E-state index contributed by atoms with van der Waals surface area (Å²) in [5.41, 5.74) is 7.74.